The summed E-state index contributed by atoms with van der Waals surface area (Å²) in [4.78, 5) is 22.6. The maximum Gasteiger partial charge on any atom is 0.307 e. The van der Waals surface area contributed by atoms with Crippen LogP contribution < -0.4 is 0 Å². The van der Waals surface area contributed by atoms with Gasteiger partial charge in [0, 0.05) is 13.1 Å². The van der Waals surface area contributed by atoms with Gasteiger partial charge in [-0.1, -0.05) is 0 Å². The molecule has 0 spiro atoms. The van der Waals surface area contributed by atoms with E-state index in [1.165, 1.54) is 4.90 Å². The van der Waals surface area contributed by atoms with Crippen LogP contribution in [0.3, 0.4) is 0 Å². The van der Waals surface area contributed by atoms with Crippen LogP contribution in [0.5, 0.6) is 0 Å². The van der Waals surface area contributed by atoms with Crippen molar-refractivity contribution in [3.63, 3.8) is 0 Å². The Morgan fingerprint density at radius 1 is 1.22 bits per heavy atom. The molecule has 5 nitrogen and oxygen atoms in total. The van der Waals surface area contributed by atoms with Crippen molar-refractivity contribution in [2.45, 2.75) is 12.8 Å². The first-order chi connectivity index (χ1) is 8.50. The Kier molecular flexibility index (Phi) is 3.22. The molecule has 1 aliphatic heterocycles. The lowest BCUT2D eigenvalue weighted by molar-refractivity contribution is -0.387. The van der Waals surface area contributed by atoms with E-state index in [1.807, 2.05) is 0 Å². The zero-order valence-electron chi connectivity index (χ0n) is 9.36. The van der Waals surface area contributed by atoms with E-state index in [9.17, 15) is 23.7 Å². The van der Waals surface area contributed by atoms with Gasteiger partial charge in [-0.3, -0.25) is 14.9 Å². The van der Waals surface area contributed by atoms with Gasteiger partial charge >= 0.3 is 5.69 Å². The normalized spacial score (nSPS) is 14.9. The van der Waals surface area contributed by atoms with Crippen molar-refractivity contribution in [1.29, 1.82) is 0 Å². The topological polar surface area (TPSA) is 63.4 Å². The molecular formula is C11H10F2N2O3. The maximum atomic E-state index is 13.6. The van der Waals surface area contributed by atoms with Crippen molar-refractivity contribution in [3.8, 4) is 0 Å². The Morgan fingerprint density at radius 3 is 2.39 bits per heavy atom. The fourth-order valence-corrected chi connectivity index (χ4v) is 1.93. The number of nitro benzene ring substituents is 1. The molecule has 1 aromatic rings. The van der Waals surface area contributed by atoms with Gasteiger partial charge < -0.3 is 4.90 Å². The molecule has 1 aromatic carbocycles. The number of halogens is 2. The Morgan fingerprint density at radius 2 is 1.83 bits per heavy atom. The molecule has 0 N–H and O–H groups in total. The minimum atomic E-state index is -1.20. The first kappa shape index (κ1) is 12.4. The van der Waals surface area contributed by atoms with Crippen molar-refractivity contribution < 1.29 is 18.5 Å². The molecule has 1 heterocycles. The lowest BCUT2D eigenvalue weighted by Crippen LogP contribution is -2.28. The highest BCUT2D eigenvalue weighted by atomic mass is 19.1. The molecule has 0 atom stereocenters. The van der Waals surface area contributed by atoms with Crippen LogP contribution in [-0.4, -0.2) is 28.8 Å². The van der Waals surface area contributed by atoms with Crippen LogP contribution in [0.25, 0.3) is 0 Å². The van der Waals surface area contributed by atoms with Gasteiger partial charge in [-0.15, -0.1) is 0 Å². The molecule has 1 fully saturated rings. The van der Waals surface area contributed by atoms with Gasteiger partial charge in [0.1, 0.15) is 5.82 Å². The summed E-state index contributed by atoms with van der Waals surface area (Å²) in [5.41, 5.74) is -1.43. The number of nitro groups is 1. The smallest absolute Gasteiger partial charge is 0.307 e. The van der Waals surface area contributed by atoms with E-state index in [4.69, 9.17) is 0 Å². The van der Waals surface area contributed by atoms with Crippen molar-refractivity contribution >= 4 is 11.6 Å². The Hall–Kier alpha value is -2.05. The molecule has 0 saturated carbocycles. The summed E-state index contributed by atoms with van der Waals surface area (Å²) in [5, 5.41) is 10.4. The van der Waals surface area contributed by atoms with Gasteiger partial charge in [-0.25, -0.2) is 4.39 Å². The molecule has 0 aliphatic carbocycles. The van der Waals surface area contributed by atoms with Crippen LogP contribution in [-0.2, 0) is 0 Å². The minimum Gasteiger partial charge on any atom is -0.339 e. The molecule has 18 heavy (non-hydrogen) atoms. The molecule has 7 heteroatoms. The Labute approximate surface area is 101 Å². The van der Waals surface area contributed by atoms with E-state index in [0.717, 1.165) is 12.8 Å². The van der Waals surface area contributed by atoms with Crippen molar-refractivity contribution in [2.75, 3.05) is 13.1 Å². The molecule has 0 radical (unpaired) electrons. The number of amides is 1. The SMILES string of the molecule is O=C(c1cc(F)c([N+](=O)[O-])cc1F)N1CCCC1. The number of benzene rings is 1. The lowest BCUT2D eigenvalue weighted by Gasteiger charge is -2.15. The predicted octanol–water partition coefficient (Wildman–Crippen LogP) is 2.11. The van der Waals surface area contributed by atoms with E-state index < -0.39 is 33.7 Å². The Balaban J connectivity index is 2.36. The highest BCUT2D eigenvalue weighted by molar-refractivity contribution is 5.95. The number of carbonyl (C=O) groups is 1. The van der Waals surface area contributed by atoms with E-state index in [0.29, 0.717) is 25.2 Å². The molecule has 0 aromatic heterocycles. The van der Waals surface area contributed by atoms with Crippen molar-refractivity contribution in [2.24, 2.45) is 0 Å². The monoisotopic (exact) mass is 256 g/mol. The summed E-state index contributed by atoms with van der Waals surface area (Å²) < 4.78 is 26.9. The Bertz CT molecular complexity index is 513. The van der Waals surface area contributed by atoms with Gasteiger partial charge in [0.2, 0.25) is 5.82 Å². The van der Waals surface area contributed by atoms with Crippen molar-refractivity contribution in [3.05, 3.63) is 39.4 Å². The van der Waals surface area contributed by atoms with Crippen LogP contribution in [0.2, 0.25) is 0 Å². The quantitative estimate of drug-likeness (QED) is 0.601. The number of hydrogen-bond donors (Lipinski definition) is 0. The summed E-state index contributed by atoms with van der Waals surface area (Å²) in [7, 11) is 0. The first-order valence-corrected chi connectivity index (χ1v) is 5.43. The van der Waals surface area contributed by atoms with Gasteiger partial charge in [0.25, 0.3) is 5.91 Å². The second-order valence-corrected chi connectivity index (χ2v) is 4.04. The summed E-state index contributed by atoms with van der Waals surface area (Å²) in [6.45, 7) is 0.994. The molecule has 1 saturated heterocycles. The number of nitrogens with zero attached hydrogens (tertiary/aromatic N) is 2. The summed E-state index contributed by atoms with van der Waals surface area (Å²) in [6.07, 6.45) is 1.64. The third-order valence-electron chi connectivity index (χ3n) is 2.86. The number of likely N-dealkylation sites (tertiary alicyclic amines) is 1. The first-order valence-electron chi connectivity index (χ1n) is 5.43. The second kappa shape index (κ2) is 4.67. The van der Waals surface area contributed by atoms with Crippen LogP contribution in [0.4, 0.5) is 14.5 Å². The number of hydrogen-bond acceptors (Lipinski definition) is 3. The molecular weight excluding hydrogens is 246 g/mol. The fraction of sp³-hybridized carbons (Fsp3) is 0.364. The molecule has 1 aliphatic rings. The largest absolute Gasteiger partial charge is 0.339 e. The average molecular weight is 256 g/mol. The van der Waals surface area contributed by atoms with Gasteiger partial charge in [-0.2, -0.15) is 4.39 Å². The van der Waals surface area contributed by atoms with E-state index in [-0.39, 0.29) is 0 Å². The van der Waals surface area contributed by atoms with Gasteiger partial charge in [-0.05, 0) is 18.9 Å². The van der Waals surface area contributed by atoms with E-state index >= 15 is 0 Å². The van der Waals surface area contributed by atoms with Gasteiger partial charge in [0.15, 0.2) is 0 Å². The molecule has 2 rings (SSSR count). The molecule has 96 valence electrons. The third kappa shape index (κ3) is 2.15. The van der Waals surface area contributed by atoms with Crippen molar-refractivity contribution in [1.82, 2.24) is 4.90 Å². The summed E-state index contributed by atoms with van der Waals surface area (Å²) in [6, 6.07) is 1.03. The highest BCUT2D eigenvalue weighted by Crippen LogP contribution is 2.23. The van der Waals surface area contributed by atoms with Crippen LogP contribution in [0.1, 0.15) is 23.2 Å². The predicted molar refractivity (Wildman–Crippen MR) is 58.1 cm³/mol. The highest BCUT2D eigenvalue weighted by Gasteiger charge is 2.26. The number of carbonyl (C=O) groups excluding carboxylic acids is 1. The summed E-state index contributed by atoms with van der Waals surface area (Å²) >= 11 is 0. The molecule has 0 unspecified atom stereocenters. The fourth-order valence-electron chi connectivity index (χ4n) is 1.93. The summed E-state index contributed by atoms with van der Waals surface area (Å²) in [5.74, 6) is -2.90. The van der Waals surface area contributed by atoms with Crippen LogP contribution in [0, 0.1) is 21.7 Å². The second-order valence-electron chi connectivity index (χ2n) is 4.04. The molecule has 0 bridgehead atoms. The standard InChI is InChI=1S/C11H10F2N2O3/c12-8-6-10(15(17)18)9(13)5-7(8)11(16)14-3-1-2-4-14/h5-6H,1-4H2. The molecule has 1 amide bonds. The van der Waals surface area contributed by atoms with Crippen LogP contribution >= 0.6 is 0 Å². The average Bonchev–Trinajstić information content (AvgIpc) is 2.84. The van der Waals surface area contributed by atoms with Crippen LogP contribution in [0.15, 0.2) is 12.1 Å². The van der Waals surface area contributed by atoms with Gasteiger partial charge in [0.05, 0.1) is 16.6 Å². The number of rotatable bonds is 2. The minimum absolute atomic E-state index is 0.443. The zero-order valence-corrected chi connectivity index (χ0v) is 9.36. The zero-order chi connectivity index (χ0) is 13.3. The van der Waals surface area contributed by atoms with E-state index in [2.05, 4.69) is 0 Å². The maximum absolute atomic E-state index is 13.6. The lowest BCUT2D eigenvalue weighted by atomic mass is 10.1. The van der Waals surface area contributed by atoms with E-state index in [1.54, 1.807) is 0 Å². The third-order valence-corrected chi connectivity index (χ3v) is 2.86.